The molecule has 1 fully saturated rings. The van der Waals surface area contributed by atoms with Crippen LogP contribution >= 0.6 is 0 Å². The van der Waals surface area contributed by atoms with Crippen molar-refractivity contribution in [2.24, 2.45) is 7.05 Å². The molecule has 0 amide bonds. The molecule has 3 rings (SSSR count). The molecule has 2 aromatic rings. The molecule has 0 spiro atoms. The van der Waals surface area contributed by atoms with Gasteiger partial charge < -0.3 is 10.8 Å². The Labute approximate surface area is 112 Å². The highest BCUT2D eigenvalue weighted by atomic mass is 16.3. The number of nitrogens with two attached hydrogens (primary N) is 1. The van der Waals surface area contributed by atoms with Crippen molar-refractivity contribution >= 4 is 5.69 Å². The summed E-state index contributed by atoms with van der Waals surface area (Å²) in [6, 6.07) is 5.09. The van der Waals surface area contributed by atoms with Gasteiger partial charge in [0.25, 0.3) is 0 Å². The topological polar surface area (TPSA) is 77.0 Å². The SMILES string of the molecule is Cn1nc(C2CCCC2)nc1-c1ccc(N)cc1O. The molecule has 0 bridgehead atoms. The Morgan fingerprint density at radius 1 is 1.32 bits per heavy atom. The first kappa shape index (κ1) is 12.0. The predicted molar refractivity (Wildman–Crippen MR) is 73.7 cm³/mol. The largest absolute Gasteiger partial charge is 0.507 e. The zero-order valence-corrected chi connectivity index (χ0v) is 11.0. The van der Waals surface area contributed by atoms with E-state index in [2.05, 4.69) is 10.1 Å². The summed E-state index contributed by atoms with van der Waals surface area (Å²) in [6.07, 6.45) is 4.84. The van der Waals surface area contributed by atoms with Crippen LogP contribution in [0.1, 0.15) is 37.4 Å². The fourth-order valence-corrected chi connectivity index (χ4v) is 2.73. The Hall–Kier alpha value is -2.04. The van der Waals surface area contributed by atoms with E-state index in [1.807, 2.05) is 7.05 Å². The van der Waals surface area contributed by atoms with Gasteiger partial charge in [0.2, 0.25) is 0 Å². The number of benzene rings is 1. The second-order valence-corrected chi connectivity index (χ2v) is 5.18. The Balaban J connectivity index is 2.00. The molecule has 0 aliphatic heterocycles. The number of phenolic OH excluding ortho intramolecular Hbond substituents is 1. The summed E-state index contributed by atoms with van der Waals surface area (Å²) in [5.41, 5.74) is 6.86. The third kappa shape index (κ3) is 2.16. The van der Waals surface area contributed by atoms with Crippen molar-refractivity contribution in [2.45, 2.75) is 31.6 Å². The first-order valence-corrected chi connectivity index (χ1v) is 6.65. The predicted octanol–water partition coefficient (Wildman–Crippen LogP) is 2.43. The van der Waals surface area contributed by atoms with Crippen LogP contribution in [-0.4, -0.2) is 19.9 Å². The van der Waals surface area contributed by atoms with Gasteiger partial charge in [0.05, 0.1) is 5.56 Å². The molecule has 1 aromatic carbocycles. The van der Waals surface area contributed by atoms with Crippen LogP contribution in [0.4, 0.5) is 5.69 Å². The van der Waals surface area contributed by atoms with Crippen molar-refractivity contribution < 1.29 is 5.11 Å². The van der Waals surface area contributed by atoms with E-state index in [1.165, 1.54) is 12.8 Å². The number of phenols is 1. The van der Waals surface area contributed by atoms with Crippen LogP contribution in [0.3, 0.4) is 0 Å². The van der Waals surface area contributed by atoms with Crippen molar-refractivity contribution in [3.8, 4) is 17.1 Å². The smallest absolute Gasteiger partial charge is 0.161 e. The number of nitrogen functional groups attached to an aromatic ring is 1. The van der Waals surface area contributed by atoms with Crippen LogP contribution in [-0.2, 0) is 7.05 Å². The number of nitrogens with zero attached hydrogens (tertiary/aromatic N) is 3. The number of hydrogen-bond acceptors (Lipinski definition) is 4. The van der Waals surface area contributed by atoms with Gasteiger partial charge in [-0.1, -0.05) is 12.8 Å². The number of rotatable bonds is 2. The number of aryl methyl sites for hydroxylation is 1. The summed E-state index contributed by atoms with van der Waals surface area (Å²) in [5, 5.41) is 14.5. The van der Waals surface area contributed by atoms with Crippen LogP contribution < -0.4 is 5.73 Å². The van der Waals surface area contributed by atoms with E-state index in [1.54, 1.807) is 22.9 Å². The molecular weight excluding hydrogens is 240 g/mol. The zero-order valence-electron chi connectivity index (χ0n) is 11.0. The highest BCUT2D eigenvalue weighted by molar-refractivity contribution is 5.67. The van der Waals surface area contributed by atoms with Gasteiger partial charge >= 0.3 is 0 Å². The Bertz CT molecular complexity index is 599. The number of hydrogen-bond donors (Lipinski definition) is 2. The molecule has 1 aliphatic carbocycles. The van der Waals surface area contributed by atoms with Gasteiger partial charge in [-0.3, -0.25) is 0 Å². The van der Waals surface area contributed by atoms with E-state index in [0.717, 1.165) is 18.7 Å². The van der Waals surface area contributed by atoms with E-state index in [9.17, 15) is 5.11 Å². The monoisotopic (exact) mass is 258 g/mol. The van der Waals surface area contributed by atoms with Crippen molar-refractivity contribution in [3.63, 3.8) is 0 Å². The lowest BCUT2D eigenvalue weighted by Gasteiger charge is -2.04. The summed E-state index contributed by atoms with van der Waals surface area (Å²) in [4.78, 5) is 4.60. The van der Waals surface area contributed by atoms with E-state index in [4.69, 9.17) is 5.73 Å². The average Bonchev–Trinajstić information content (AvgIpc) is 2.98. The Morgan fingerprint density at radius 3 is 2.74 bits per heavy atom. The highest BCUT2D eigenvalue weighted by Crippen LogP contribution is 2.35. The third-order valence-electron chi connectivity index (χ3n) is 3.76. The van der Waals surface area contributed by atoms with Crippen molar-refractivity contribution in [2.75, 3.05) is 5.73 Å². The van der Waals surface area contributed by atoms with Gasteiger partial charge in [-0.15, -0.1) is 0 Å². The summed E-state index contributed by atoms with van der Waals surface area (Å²) >= 11 is 0. The van der Waals surface area contributed by atoms with Crippen LogP contribution in [0.25, 0.3) is 11.4 Å². The zero-order chi connectivity index (χ0) is 13.4. The minimum Gasteiger partial charge on any atom is -0.507 e. The lowest BCUT2D eigenvalue weighted by atomic mass is 10.1. The average molecular weight is 258 g/mol. The Kier molecular flexibility index (Phi) is 2.89. The van der Waals surface area contributed by atoms with Crippen molar-refractivity contribution in [3.05, 3.63) is 24.0 Å². The molecule has 1 aliphatic rings. The minimum absolute atomic E-state index is 0.147. The number of anilines is 1. The molecule has 19 heavy (non-hydrogen) atoms. The second kappa shape index (κ2) is 4.57. The van der Waals surface area contributed by atoms with Gasteiger partial charge in [0.15, 0.2) is 11.6 Å². The standard InChI is InChI=1S/C14H18N4O/c1-18-14(11-7-6-10(15)8-12(11)19)16-13(17-18)9-4-2-3-5-9/h6-9,19H,2-5,15H2,1H3. The van der Waals surface area contributed by atoms with E-state index < -0.39 is 0 Å². The molecule has 5 heteroatoms. The fourth-order valence-electron chi connectivity index (χ4n) is 2.73. The molecule has 100 valence electrons. The molecule has 1 heterocycles. The van der Waals surface area contributed by atoms with E-state index in [-0.39, 0.29) is 5.75 Å². The van der Waals surface area contributed by atoms with Crippen LogP contribution in [0.2, 0.25) is 0 Å². The molecule has 1 aromatic heterocycles. The summed E-state index contributed by atoms with van der Waals surface area (Å²) < 4.78 is 1.74. The number of aromatic hydroxyl groups is 1. The van der Waals surface area contributed by atoms with Crippen molar-refractivity contribution in [1.82, 2.24) is 14.8 Å². The highest BCUT2D eigenvalue weighted by Gasteiger charge is 2.23. The molecule has 0 saturated heterocycles. The molecule has 1 saturated carbocycles. The first-order chi connectivity index (χ1) is 9.15. The summed E-state index contributed by atoms with van der Waals surface area (Å²) in [6.45, 7) is 0. The van der Waals surface area contributed by atoms with Crippen LogP contribution in [0.15, 0.2) is 18.2 Å². The molecule has 3 N–H and O–H groups in total. The second-order valence-electron chi connectivity index (χ2n) is 5.18. The molecule has 0 unspecified atom stereocenters. The van der Waals surface area contributed by atoms with Crippen molar-refractivity contribution in [1.29, 1.82) is 0 Å². The molecule has 0 atom stereocenters. The lowest BCUT2D eigenvalue weighted by molar-refractivity contribution is 0.476. The molecule has 5 nitrogen and oxygen atoms in total. The van der Waals surface area contributed by atoms with E-state index >= 15 is 0 Å². The van der Waals surface area contributed by atoms with Gasteiger partial charge in [-0.25, -0.2) is 9.67 Å². The van der Waals surface area contributed by atoms with Gasteiger partial charge in [-0.2, -0.15) is 5.10 Å². The first-order valence-electron chi connectivity index (χ1n) is 6.65. The lowest BCUT2D eigenvalue weighted by Crippen LogP contribution is -1.97. The fraction of sp³-hybridized carbons (Fsp3) is 0.429. The maximum atomic E-state index is 9.98. The van der Waals surface area contributed by atoms with Crippen LogP contribution in [0, 0.1) is 0 Å². The van der Waals surface area contributed by atoms with Gasteiger partial charge in [0, 0.05) is 24.7 Å². The number of aromatic nitrogens is 3. The quantitative estimate of drug-likeness (QED) is 0.811. The van der Waals surface area contributed by atoms with Crippen LogP contribution in [0.5, 0.6) is 5.75 Å². The summed E-state index contributed by atoms with van der Waals surface area (Å²) in [7, 11) is 1.86. The minimum atomic E-state index is 0.147. The summed E-state index contributed by atoms with van der Waals surface area (Å²) in [5.74, 6) is 2.20. The molecular formula is C14H18N4O. The maximum Gasteiger partial charge on any atom is 0.161 e. The third-order valence-corrected chi connectivity index (χ3v) is 3.76. The van der Waals surface area contributed by atoms with Gasteiger partial charge in [-0.05, 0) is 25.0 Å². The van der Waals surface area contributed by atoms with E-state index in [0.29, 0.717) is 23.0 Å². The maximum absolute atomic E-state index is 9.98. The normalized spacial score (nSPS) is 16.1. The molecule has 0 radical (unpaired) electrons. The van der Waals surface area contributed by atoms with Gasteiger partial charge in [0.1, 0.15) is 5.75 Å². The Morgan fingerprint density at radius 2 is 2.05 bits per heavy atom.